The number of benzene rings is 2. The molecule has 4 rings (SSSR count). The lowest BCUT2D eigenvalue weighted by Gasteiger charge is -2.12. The van der Waals surface area contributed by atoms with Crippen LogP contribution in [0.15, 0.2) is 53.6 Å². The highest BCUT2D eigenvalue weighted by Gasteiger charge is 2.19. The first kappa shape index (κ1) is 20.4. The molecule has 2 N–H and O–H groups in total. The molecule has 8 nitrogen and oxygen atoms in total. The van der Waals surface area contributed by atoms with Crippen molar-refractivity contribution >= 4 is 20.9 Å². The molecular formula is C21H23N3O5S. The first-order valence-corrected chi connectivity index (χ1v) is 11.2. The van der Waals surface area contributed by atoms with Crippen LogP contribution in [-0.4, -0.2) is 39.9 Å². The van der Waals surface area contributed by atoms with E-state index in [9.17, 15) is 8.42 Å². The first-order chi connectivity index (χ1) is 14.6. The van der Waals surface area contributed by atoms with Gasteiger partial charge >= 0.3 is 0 Å². The second-order valence-electron chi connectivity index (χ2n) is 6.66. The fourth-order valence-corrected chi connectivity index (χ4v) is 4.49. The molecule has 158 valence electrons. The zero-order chi connectivity index (χ0) is 21.0. The molecule has 0 atom stereocenters. The number of hydrogen-bond donors (Lipinski definition) is 2. The Hall–Kier alpha value is -2.88. The lowest BCUT2D eigenvalue weighted by Crippen LogP contribution is -2.31. The molecule has 0 aliphatic carbocycles. The summed E-state index contributed by atoms with van der Waals surface area (Å²) in [4.78, 5) is 4.48. The van der Waals surface area contributed by atoms with E-state index in [0.717, 1.165) is 17.1 Å². The highest BCUT2D eigenvalue weighted by molar-refractivity contribution is 7.89. The van der Waals surface area contributed by atoms with Gasteiger partial charge in [-0.05, 0) is 48.9 Å². The third kappa shape index (κ3) is 4.33. The van der Waals surface area contributed by atoms with Crippen molar-refractivity contribution in [1.29, 1.82) is 0 Å². The van der Waals surface area contributed by atoms with E-state index in [-0.39, 0.29) is 18.2 Å². The minimum Gasteiger partial charge on any atom is -0.492 e. The van der Waals surface area contributed by atoms with Crippen molar-refractivity contribution in [3.05, 3.63) is 54.2 Å². The fourth-order valence-electron chi connectivity index (χ4n) is 3.26. The quantitative estimate of drug-likeness (QED) is 0.504. The standard InChI is InChI=1S/C21H23N3O5S/c1-2-27-18-7-8-20(16-4-3-9-23-21(16)18)30(25,26)24-11-10-22-13-15-5-6-17-19(12-15)29-14-28-17/h3-9,12,22,24H,2,10-11,13-14H2,1H3. The van der Waals surface area contributed by atoms with Gasteiger partial charge in [0.05, 0.1) is 11.5 Å². The maximum atomic E-state index is 12.8. The van der Waals surface area contributed by atoms with Gasteiger partial charge in [-0.2, -0.15) is 0 Å². The Morgan fingerprint density at radius 3 is 2.83 bits per heavy atom. The summed E-state index contributed by atoms with van der Waals surface area (Å²) in [7, 11) is -3.69. The number of nitrogens with one attached hydrogen (secondary N) is 2. The van der Waals surface area contributed by atoms with E-state index in [1.54, 1.807) is 30.5 Å². The highest BCUT2D eigenvalue weighted by Crippen LogP contribution is 2.32. The molecule has 1 aliphatic heterocycles. The smallest absolute Gasteiger partial charge is 0.241 e. The van der Waals surface area contributed by atoms with Crippen molar-refractivity contribution in [3.63, 3.8) is 0 Å². The topological polar surface area (TPSA) is 98.8 Å². The molecule has 0 bridgehead atoms. The van der Waals surface area contributed by atoms with Crippen LogP contribution in [0.1, 0.15) is 12.5 Å². The Morgan fingerprint density at radius 2 is 1.97 bits per heavy atom. The number of rotatable bonds is 9. The molecule has 0 amide bonds. The van der Waals surface area contributed by atoms with Crippen LogP contribution in [0.3, 0.4) is 0 Å². The van der Waals surface area contributed by atoms with E-state index in [2.05, 4.69) is 15.0 Å². The van der Waals surface area contributed by atoms with Crippen molar-refractivity contribution in [1.82, 2.24) is 15.0 Å². The minimum atomic E-state index is -3.69. The van der Waals surface area contributed by atoms with Gasteiger partial charge in [0.1, 0.15) is 11.3 Å². The molecule has 1 aromatic heterocycles. The van der Waals surface area contributed by atoms with Gasteiger partial charge < -0.3 is 19.5 Å². The summed E-state index contributed by atoms with van der Waals surface area (Å²) in [6.45, 7) is 3.91. The van der Waals surface area contributed by atoms with E-state index in [4.69, 9.17) is 14.2 Å². The zero-order valence-electron chi connectivity index (χ0n) is 16.6. The van der Waals surface area contributed by atoms with E-state index >= 15 is 0 Å². The van der Waals surface area contributed by atoms with E-state index in [0.29, 0.717) is 36.3 Å². The summed E-state index contributed by atoms with van der Waals surface area (Å²) >= 11 is 0. The van der Waals surface area contributed by atoms with Crippen LogP contribution < -0.4 is 24.2 Å². The zero-order valence-corrected chi connectivity index (χ0v) is 17.4. The number of sulfonamides is 1. The van der Waals surface area contributed by atoms with E-state index < -0.39 is 10.0 Å². The summed E-state index contributed by atoms with van der Waals surface area (Å²) in [6.07, 6.45) is 1.62. The average molecular weight is 429 g/mol. The third-order valence-corrected chi connectivity index (χ3v) is 6.16. The maximum absolute atomic E-state index is 12.8. The van der Waals surface area contributed by atoms with Crippen molar-refractivity contribution in [2.24, 2.45) is 0 Å². The lowest BCUT2D eigenvalue weighted by molar-refractivity contribution is 0.174. The monoisotopic (exact) mass is 429 g/mol. The molecule has 30 heavy (non-hydrogen) atoms. The van der Waals surface area contributed by atoms with Crippen molar-refractivity contribution in [2.75, 3.05) is 26.5 Å². The first-order valence-electron chi connectivity index (χ1n) is 9.68. The van der Waals surface area contributed by atoms with Crippen LogP contribution in [0.5, 0.6) is 17.2 Å². The van der Waals surface area contributed by atoms with Gasteiger partial charge in [-0.15, -0.1) is 0 Å². The molecule has 2 aromatic carbocycles. The predicted molar refractivity (Wildman–Crippen MR) is 112 cm³/mol. The van der Waals surface area contributed by atoms with E-state index in [1.165, 1.54) is 0 Å². The molecule has 0 fully saturated rings. The third-order valence-electron chi connectivity index (χ3n) is 4.64. The van der Waals surface area contributed by atoms with E-state index in [1.807, 2.05) is 25.1 Å². The minimum absolute atomic E-state index is 0.185. The summed E-state index contributed by atoms with van der Waals surface area (Å²) in [5.41, 5.74) is 1.56. The number of pyridine rings is 1. The highest BCUT2D eigenvalue weighted by atomic mass is 32.2. The number of fused-ring (bicyclic) bond motifs is 2. The number of hydrogen-bond acceptors (Lipinski definition) is 7. The Morgan fingerprint density at radius 1 is 1.10 bits per heavy atom. The van der Waals surface area contributed by atoms with Gasteiger partial charge in [-0.1, -0.05) is 6.07 Å². The number of aromatic nitrogens is 1. The molecule has 2 heterocycles. The molecule has 0 unspecified atom stereocenters. The van der Waals surface area contributed by atoms with Crippen LogP contribution in [-0.2, 0) is 16.6 Å². The second kappa shape index (κ2) is 8.86. The van der Waals surface area contributed by atoms with Crippen LogP contribution in [0.4, 0.5) is 0 Å². The summed E-state index contributed by atoms with van der Waals surface area (Å²) in [6, 6.07) is 12.4. The summed E-state index contributed by atoms with van der Waals surface area (Å²) in [5.74, 6) is 2.03. The Labute approximate surface area is 175 Å². The van der Waals surface area contributed by atoms with Gasteiger partial charge in [0.15, 0.2) is 11.5 Å². The van der Waals surface area contributed by atoms with Gasteiger partial charge in [-0.3, -0.25) is 4.98 Å². The molecule has 3 aromatic rings. The van der Waals surface area contributed by atoms with Crippen LogP contribution in [0, 0.1) is 0 Å². The van der Waals surface area contributed by atoms with Crippen molar-refractivity contribution in [2.45, 2.75) is 18.4 Å². The van der Waals surface area contributed by atoms with Crippen molar-refractivity contribution in [3.8, 4) is 17.2 Å². The van der Waals surface area contributed by atoms with Crippen molar-refractivity contribution < 1.29 is 22.6 Å². The predicted octanol–water partition coefficient (Wildman–Crippen LogP) is 2.43. The molecule has 0 spiro atoms. The Balaban J connectivity index is 1.37. The molecule has 9 heteroatoms. The Bertz CT molecular complexity index is 1150. The van der Waals surface area contributed by atoms with Gasteiger partial charge in [0.25, 0.3) is 0 Å². The maximum Gasteiger partial charge on any atom is 0.241 e. The molecule has 0 saturated heterocycles. The van der Waals surface area contributed by atoms with Crippen LogP contribution >= 0.6 is 0 Å². The van der Waals surface area contributed by atoms with Crippen LogP contribution in [0.25, 0.3) is 10.9 Å². The molecule has 0 saturated carbocycles. The van der Waals surface area contributed by atoms with Crippen LogP contribution in [0.2, 0.25) is 0 Å². The normalized spacial score (nSPS) is 13.0. The largest absolute Gasteiger partial charge is 0.492 e. The van der Waals surface area contributed by atoms with Gasteiger partial charge in [0, 0.05) is 31.2 Å². The number of nitrogens with zero attached hydrogens (tertiary/aromatic N) is 1. The molecule has 1 aliphatic rings. The summed E-state index contributed by atoms with van der Waals surface area (Å²) in [5, 5.41) is 3.76. The molecular weight excluding hydrogens is 406 g/mol. The second-order valence-corrected chi connectivity index (χ2v) is 8.39. The Kier molecular flexibility index (Phi) is 6.03. The summed E-state index contributed by atoms with van der Waals surface area (Å²) < 4.78 is 44.5. The fraction of sp³-hybridized carbons (Fsp3) is 0.286. The van der Waals surface area contributed by atoms with Gasteiger partial charge in [0.2, 0.25) is 16.8 Å². The number of ether oxygens (including phenoxy) is 3. The van der Waals surface area contributed by atoms with Gasteiger partial charge in [-0.25, -0.2) is 13.1 Å². The lowest BCUT2D eigenvalue weighted by atomic mass is 10.2. The SMILES string of the molecule is CCOc1ccc(S(=O)(=O)NCCNCc2ccc3c(c2)OCO3)c2cccnc12. The average Bonchev–Trinajstić information content (AvgIpc) is 3.21. The molecule has 0 radical (unpaired) electrons.